The fraction of sp³-hybridized carbons (Fsp3) is 0.467. The Labute approximate surface area is 137 Å². The first-order chi connectivity index (χ1) is 9.97. The van der Waals surface area contributed by atoms with E-state index in [4.69, 9.17) is 10.5 Å². The fourth-order valence-corrected chi connectivity index (χ4v) is 1.80. The molecule has 6 nitrogen and oxygen atoms in total. The van der Waals surface area contributed by atoms with Gasteiger partial charge in [-0.1, -0.05) is 12.1 Å². The van der Waals surface area contributed by atoms with Crippen LogP contribution in [0.2, 0.25) is 0 Å². The van der Waals surface area contributed by atoms with Crippen molar-refractivity contribution in [1.82, 2.24) is 5.32 Å². The summed E-state index contributed by atoms with van der Waals surface area (Å²) in [6.45, 7) is 4.02. The Kier molecular flexibility index (Phi) is 9.40. The molecular formula is C15H24ClN3O3. The molecule has 0 saturated carbocycles. The van der Waals surface area contributed by atoms with Gasteiger partial charge in [-0.15, -0.1) is 12.4 Å². The average Bonchev–Trinajstić information content (AvgIpc) is 2.44. The van der Waals surface area contributed by atoms with Crippen LogP contribution < -0.4 is 16.4 Å². The van der Waals surface area contributed by atoms with Crippen LogP contribution in [0.1, 0.15) is 30.6 Å². The molecule has 0 aliphatic rings. The number of hydrogen-bond donors (Lipinski definition) is 3. The lowest BCUT2D eigenvalue weighted by Gasteiger charge is -2.15. The Balaban J connectivity index is 0.00000441. The summed E-state index contributed by atoms with van der Waals surface area (Å²) in [4.78, 5) is 24.0. The molecule has 1 aromatic rings. The van der Waals surface area contributed by atoms with Gasteiger partial charge in [-0.25, -0.2) is 0 Å². The monoisotopic (exact) mass is 329 g/mol. The van der Waals surface area contributed by atoms with Crippen LogP contribution in [0.25, 0.3) is 0 Å². The highest BCUT2D eigenvalue weighted by Crippen LogP contribution is 2.16. The molecular weight excluding hydrogens is 306 g/mol. The molecule has 0 bridgehead atoms. The van der Waals surface area contributed by atoms with Gasteiger partial charge < -0.3 is 21.1 Å². The van der Waals surface area contributed by atoms with E-state index in [1.54, 1.807) is 24.3 Å². The second kappa shape index (κ2) is 10.2. The number of halogens is 1. The Morgan fingerprint density at radius 2 is 1.91 bits per heavy atom. The number of carbonyl (C=O) groups is 2. The number of amides is 2. The molecule has 1 rings (SSSR count). The van der Waals surface area contributed by atoms with Gasteiger partial charge in [0, 0.05) is 19.7 Å². The van der Waals surface area contributed by atoms with Crippen molar-refractivity contribution in [3.05, 3.63) is 29.8 Å². The van der Waals surface area contributed by atoms with Gasteiger partial charge in [0.1, 0.15) is 0 Å². The molecule has 7 heteroatoms. The number of nitrogens with one attached hydrogen (secondary N) is 2. The third kappa shape index (κ3) is 6.43. The van der Waals surface area contributed by atoms with E-state index in [2.05, 4.69) is 10.6 Å². The third-order valence-corrected chi connectivity index (χ3v) is 2.87. The van der Waals surface area contributed by atoms with E-state index < -0.39 is 0 Å². The molecule has 0 spiro atoms. The lowest BCUT2D eigenvalue weighted by atomic mass is 10.1. The first kappa shape index (κ1) is 20.4. The topological polar surface area (TPSA) is 93.4 Å². The van der Waals surface area contributed by atoms with Gasteiger partial charge in [0.2, 0.25) is 5.91 Å². The second-order valence-corrected chi connectivity index (χ2v) is 5.02. The fourth-order valence-electron chi connectivity index (χ4n) is 1.80. The summed E-state index contributed by atoms with van der Waals surface area (Å²) in [6.07, 6.45) is -0.186. The zero-order valence-electron chi connectivity index (χ0n) is 13.1. The lowest BCUT2D eigenvalue weighted by molar-refractivity contribution is -0.118. The molecule has 0 saturated heterocycles. The zero-order chi connectivity index (χ0) is 15.8. The van der Waals surface area contributed by atoms with Crippen molar-refractivity contribution < 1.29 is 14.3 Å². The minimum atomic E-state index is -0.332. The number of nitrogens with two attached hydrogens (primary N) is 1. The van der Waals surface area contributed by atoms with Crippen LogP contribution in [-0.2, 0) is 9.53 Å². The summed E-state index contributed by atoms with van der Waals surface area (Å²) in [5.41, 5.74) is 6.40. The van der Waals surface area contributed by atoms with Crippen LogP contribution in [0.4, 0.5) is 5.69 Å². The Hall–Kier alpha value is -1.63. The van der Waals surface area contributed by atoms with Crippen LogP contribution in [0.5, 0.6) is 0 Å². The summed E-state index contributed by atoms with van der Waals surface area (Å²) in [7, 11) is 1.51. The van der Waals surface area contributed by atoms with Crippen molar-refractivity contribution in [2.45, 2.75) is 32.4 Å². The molecule has 0 radical (unpaired) electrons. The summed E-state index contributed by atoms with van der Waals surface area (Å²) >= 11 is 0. The maximum Gasteiger partial charge on any atom is 0.253 e. The van der Waals surface area contributed by atoms with Gasteiger partial charge >= 0.3 is 0 Å². The van der Waals surface area contributed by atoms with Crippen molar-refractivity contribution in [3.8, 4) is 0 Å². The van der Waals surface area contributed by atoms with E-state index in [0.29, 0.717) is 11.3 Å². The van der Waals surface area contributed by atoms with E-state index in [1.165, 1.54) is 7.11 Å². The third-order valence-electron chi connectivity index (χ3n) is 2.87. The van der Waals surface area contributed by atoms with Crippen molar-refractivity contribution in [2.75, 3.05) is 19.0 Å². The highest BCUT2D eigenvalue weighted by atomic mass is 35.5. The maximum absolute atomic E-state index is 12.1. The van der Waals surface area contributed by atoms with Crippen molar-refractivity contribution in [1.29, 1.82) is 0 Å². The molecule has 0 aliphatic heterocycles. The molecule has 22 heavy (non-hydrogen) atoms. The van der Waals surface area contributed by atoms with Crippen LogP contribution in [-0.4, -0.2) is 37.6 Å². The van der Waals surface area contributed by atoms with Crippen molar-refractivity contribution >= 4 is 29.9 Å². The molecule has 1 unspecified atom stereocenters. The number of carbonyl (C=O) groups excluding carboxylic acids is 2. The van der Waals surface area contributed by atoms with E-state index >= 15 is 0 Å². The quantitative estimate of drug-likeness (QED) is 0.707. The second-order valence-electron chi connectivity index (χ2n) is 5.02. The number of anilines is 1. The normalized spacial score (nSPS) is 11.5. The van der Waals surface area contributed by atoms with E-state index in [1.807, 2.05) is 13.8 Å². The van der Waals surface area contributed by atoms with Crippen LogP contribution in [0.3, 0.4) is 0 Å². The van der Waals surface area contributed by atoms with Crippen LogP contribution >= 0.6 is 12.4 Å². The summed E-state index contributed by atoms with van der Waals surface area (Å²) in [5.74, 6) is -0.458. The van der Waals surface area contributed by atoms with Gasteiger partial charge in [-0.2, -0.15) is 0 Å². The number of benzene rings is 1. The van der Waals surface area contributed by atoms with Gasteiger partial charge in [0.15, 0.2) is 0 Å². The van der Waals surface area contributed by atoms with Gasteiger partial charge in [0.25, 0.3) is 5.91 Å². The highest BCUT2D eigenvalue weighted by Gasteiger charge is 2.16. The van der Waals surface area contributed by atoms with E-state index in [9.17, 15) is 9.59 Å². The predicted octanol–water partition coefficient (Wildman–Crippen LogP) is 1.55. The smallest absolute Gasteiger partial charge is 0.253 e. The molecule has 2 amide bonds. The SMILES string of the molecule is COC(CN)CC(=O)Nc1ccccc1C(=O)NC(C)C.Cl. The molecule has 0 aromatic heterocycles. The van der Waals surface area contributed by atoms with Gasteiger partial charge in [0.05, 0.1) is 23.8 Å². The summed E-state index contributed by atoms with van der Waals surface area (Å²) < 4.78 is 5.07. The van der Waals surface area contributed by atoms with Crippen LogP contribution in [0.15, 0.2) is 24.3 Å². The maximum atomic E-state index is 12.1. The summed E-state index contributed by atoms with van der Waals surface area (Å²) in [6, 6.07) is 6.90. The number of ether oxygens (including phenoxy) is 1. The minimum absolute atomic E-state index is 0. The highest BCUT2D eigenvalue weighted by molar-refractivity contribution is 6.03. The molecule has 0 aliphatic carbocycles. The Morgan fingerprint density at radius 3 is 2.45 bits per heavy atom. The van der Waals surface area contributed by atoms with Crippen molar-refractivity contribution in [3.63, 3.8) is 0 Å². The number of hydrogen-bond acceptors (Lipinski definition) is 4. The molecule has 1 atom stereocenters. The molecule has 124 valence electrons. The predicted molar refractivity (Wildman–Crippen MR) is 89.4 cm³/mol. The Bertz CT molecular complexity index is 491. The standard InChI is InChI=1S/C15H23N3O3.ClH/c1-10(2)17-15(20)12-6-4-5-7-13(12)18-14(19)8-11(9-16)21-3;/h4-7,10-11H,8-9,16H2,1-3H3,(H,17,20)(H,18,19);1H. The summed E-state index contributed by atoms with van der Waals surface area (Å²) in [5, 5.41) is 5.53. The number of methoxy groups -OCH3 is 1. The molecule has 0 fully saturated rings. The van der Waals surface area contributed by atoms with E-state index in [-0.39, 0.29) is 49.3 Å². The average molecular weight is 330 g/mol. The molecule has 0 heterocycles. The van der Waals surface area contributed by atoms with Gasteiger partial charge in [-0.05, 0) is 26.0 Å². The lowest BCUT2D eigenvalue weighted by Crippen LogP contribution is -2.32. The van der Waals surface area contributed by atoms with Gasteiger partial charge in [-0.3, -0.25) is 9.59 Å². The molecule has 4 N–H and O–H groups in total. The minimum Gasteiger partial charge on any atom is -0.380 e. The first-order valence-electron chi connectivity index (χ1n) is 6.90. The largest absolute Gasteiger partial charge is 0.380 e. The number of para-hydroxylation sites is 1. The zero-order valence-corrected chi connectivity index (χ0v) is 13.9. The number of rotatable bonds is 7. The first-order valence-corrected chi connectivity index (χ1v) is 6.90. The van der Waals surface area contributed by atoms with E-state index in [0.717, 1.165) is 0 Å². The van der Waals surface area contributed by atoms with Crippen molar-refractivity contribution in [2.24, 2.45) is 5.73 Å². The molecule has 1 aromatic carbocycles. The van der Waals surface area contributed by atoms with Crippen LogP contribution in [0, 0.1) is 0 Å². The Morgan fingerprint density at radius 1 is 1.27 bits per heavy atom.